The van der Waals surface area contributed by atoms with Crippen LogP contribution in [0.1, 0.15) is 58.4 Å². The number of pyridine rings is 1. The zero-order valence-corrected chi connectivity index (χ0v) is 14.2. The number of hydrogen-bond donors (Lipinski definition) is 1. The minimum atomic E-state index is 0.134. The van der Waals surface area contributed by atoms with E-state index in [1.54, 1.807) is 0 Å². The van der Waals surface area contributed by atoms with Crippen molar-refractivity contribution in [2.75, 3.05) is 18.5 Å². The number of nitrogens with one attached hydrogen (secondary N) is 1. The van der Waals surface area contributed by atoms with Gasteiger partial charge in [-0.15, -0.1) is 0 Å². The topological polar surface area (TPSA) is 28.2 Å². The molecule has 118 valence electrons. The summed E-state index contributed by atoms with van der Waals surface area (Å²) in [6.07, 6.45) is 8.90. The molecule has 1 fully saturated rings. The minimum Gasteiger partial charge on any atom is -0.359 e. The molecule has 0 aromatic carbocycles. The van der Waals surface area contributed by atoms with Crippen molar-refractivity contribution in [3.05, 3.63) is 23.9 Å². The van der Waals surface area contributed by atoms with Crippen LogP contribution >= 0.6 is 0 Å². The van der Waals surface area contributed by atoms with Crippen LogP contribution in [0.2, 0.25) is 0 Å². The van der Waals surface area contributed by atoms with Crippen molar-refractivity contribution in [3.8, 4) is 0 Å². The summed E-state index contributed by atoms with van der Waals surface area (Å²) >= 11 is 0. The SMILES string of the molecule is CN(CC1CCCCC1)c1ncccc1CNC(C)(C)C. The first-order valence-electron chi connectivity index (χ1n) is 8.36. The molecule has 1 saturated carbocycles. The van der Waals surface area contributed by atoms with Gasteiger partial charge in [-0.1, -0.05) is 25.3 Å². The predicted octanol–water partition coefficient (Wildman–Crippen LogP) is 3.99. The van der Waals surface area contributed by atoms with E-state index in [4.69, 9.17) is 0 Å². The number of rotatable bonds is 5. The number of nitrogens with zero attached hydrogens (tertiary/aromatic N) is 2. The van der Waals surface area contributed by atoms with Gasteiger partial charge in [-0.25, -0.2) is 4.98 Å². The van der Waals surface area contributed by atoms with Gasteiger partial charge in [0, 0.05) is 37.4 Å². The van der Waals surface area contributed by atoms with Gasteiger partial charge in [-0.05, 0) is 45.6 Å². The second-order valence-electron chi connectivity index (χ2n) is 7.47. The molecule has 3 heteroatoms. The van der Waals surface area contributed by atoms with Crippen molar-refractivity contribution < 1.29 is 0 Å². The largest absolute Gasteiger partial charge is 0.359 e. The highest BCUT2D eigenvalue weighted by molar-refractivity contribution is 5.46. The molecule has 0 spiro atoms. The molecule has 1 N–H and O–H groups in total. The van der Waals surface area contributed by atoms with Crippen molar-refractivity contribution in [2.24, 2.45) is 5.92 Å². The Balaban J connectivity index is 2.00. The first-order chi connectivity index (χ1) is 9.96. The zero-order chi connectivity index (χ0) is 15.3. The molecule has 2 rings (SSSR count). The monoisotopic (exact) mass is 289 g/mol. The van der Waals surface area contributed by atoms with E-state index in [9.17, 15) is 0 Å². The molecule has 0 aliphatic heterocycles. The third kappa shape index (κ3) is 5.31. The van der Waals surface area contributed by atoms with E-state index >= 15 is 0 Å². The molecule has 0 unspecified atom stereocenters. The van der Waals surface area contributed by atoms with Crippen molar-refractivity contribution >= 4 is 5.82 Å². The van der Waals surface area contributed by atoms with Gasteiger partial charge in [0.1, 0.15) is 5.82 Å². The Hall–Kier alpha value is -1.09. The van der Waals surface area contributed by atoms with Crippen LogP contribution in [-0.4, -0.2) is 24.1 Å². The summed E-state index contributed by atoms with van der Waals surface area (Å²) in [5.41, 5.74) is 1.43. The molecule has 0 radical (unpaired) electrons. The Bertz CT molecular complexity index is 430. The molecule has 0 amide bonds. The highest BCUT2D eigenvalue weighted by Crippen LogP contribution is 2.26. The molecule has 3 nitrogen and oxygen atoms in total. The van der Waals surface area contributed by atoms with Gasteiger partial charge in [0.05, 0.1) is 0 Å². The molecule has 1 heterocycles. The fourth-order valence-corrected chi connectivity index (χ4v) is 3.12. The van der Waals surface area contributed by atoms with Crippen LogP contribution in [0.25, 0.3) is 0 Å². The zero-order valence-electron chi connectivity index (χ0n) is 14.2. The molecule has 1 aromatic rings. The van der Waals surface area contributed by atoms with Crippen LogP contribution < -0.4 is 10.2 Å². The molecule has 0 saturated heterocycles. The van der Waals surface area contributed by atoms with E-state index in [0.29, 0.717) is 0 Å². The highest BCUT2D eigenvalue weighted by Gasteiger charge is 2.18. The maximum Gasteiger partial charge on any atom is 0.132 e. The Morgan fingerprint density at radius 2 is 1.95 bits per heavy atom. The fourth-order valence-electron chi connectivity index (χ4n) is 3.12. The lowest BCUT2D eigenvalue weighted by Gasteiger charge is -2.29. The standard InChI is InChI=1S/C18H31N3/c1-18(2,3)20-13-16-11-8-12-19-17(16)21(4)14-15-9-6-5-7-10-15/h8,11-12,15,20H,5-7,9-10,13-14H2,1-4H3. The van der Waals surface area contributed by atoms with Gasteiger partial charge in [0.15, 0.2) is 0 Å². The summed E-state index contributed by atoms with van der Waals surface area (Å²) in [4.78, 5) is 6.99. The summed E-state index contributed by atoms with van der Waals surface area (Å²) in [7, 11) is 2.19. The Labute approximate surface area is 130 Å². The second-order valence-corrected chi connectivity index (χ2v) is 7.47. The minimum absolute atomic E-state index is 0.134. The maximum absolute atomic E-state index is 4.63. The van der Waals surface area contributed by atoms with Gasteiger partial charge in [0.25, 0.3) is 0 Å². The van der Waals surface area contributed by atoms with E-state index < -0.39 is 0 Å². The molecule has 1 aromatic heterocycles. The van der Waals surface area contributed by atoms with E-state index in [2.05, 4.69) is 49.1 Å². The van der Waals surface area contributed by atoms with Gasteiger partial charge >= 0.3 is 0 Å². The lowest BCUT2D eigenvalue weighted by atomic mass is 9.89. The molecule has 21 heavy (non-hydrogen) atoms. The smallest absolute Gasteiger partial charge is 0.132 e. The van der Waals surface area contributed by atoms with Crippen molar-refractivity contribution in [2.45, 2.75) is 65.0 Å². The van der Waals surface area contributed by atoms with Crippen molar-refractivity contribution in [1.29, 1.82) is 0 Å². The summed E-state index contributed by atoms with van der Waals surface area (Å²) in [6, 6.07) is 4.23. The summed E-state index contributed by atoms with van der Waals surface area (Å²) < 4.78 is 0. The van der Waals surface area contributed by atoms with Crippen LogP contribution in [-0.2, 0) is 6.54 Å². The predicted molar refractivity (Wildman–Crippen MR) is 90.7 cm³/mol. The summed E-state index contributed by atoms with van der Waals surface area (Å²) in [5, 5.41) is 3.57. The second kappa shape index (κ2) is 7.26. The number of aromatic nitrogens is 1. The molecule has 0 atom stereocenters. The van der Waals surface area contributed by atoms with E-state index in [0.717, 1.165) is 24.8 Å². The van der Waals surface area contributed by atoms with Crippen LogP contribution in [0.3, 0.4) is 0 Å². The average molecular weight is 289 g/mol. The van der Waals surface area contributed by atoms with E-state index in [1.165, 1.54) is 37.7 Å². The Morgan fingerprint density at radius 1 is 1.24 bits per heavy atom. The summed E-state index contributed by atoms with van der Waals surface area (Å²) in [6.45, 7) is 8.62. The van der Waals surface area contributed by atoms with Crippen LogP contribution in [0.15, 0.2) is 18.3 Å². The third-order valence-electron chi connectivity index (χ3n) is 4.30. The summed E-state index contributed by atoms with van der Waals surface area (Å²) in [5.74, 6) is 1.98. The van der Waals surface area contributed by atoms with Crippen LogP contribution in [0.4, 0.5) is 5.82 Å². The first-order valence-corrected chi connectivity index (χ1v) is 8.36. The number of hydrogen-bond acceptors (Lipinski definition) is 3. The van der Waals surface area contributed by atoms with E-state index in [-0.39, 0.29) is 5.54 Å². The first kappa shape index (κ1) is 16.3. The van der Waals surface area contributed by atoms with Gasteiger partial charge < -0.3 is 10.2 Å². The van der Waals surface area contributed by atoms with Gasteiger partial charge in [0.2, 0.25) is 0 Å². The maximum atomic E-state index is 4.63. The highest BCUT2D eigenvalue weighted by atomic mass is 15.2. The Morgan fingerprint density at radius 3 is 2.62 bits per heavy atom. The molecule has 0 bridgehead atoms. The molecular weight excluding hydrogens is 258 g/mol. The number of anilines is 1. The average Bonchev–Trinajstić information content (AvgIpc) is 2.46. The van der Waals surface area contributed by atoms with E-state index in [1.807, 2.05) is 12.3 Å². The fraction of sp³-hybridized carbons (Fsp3) is 0.722. The van der Waals surface area contributed by atoms with Crippen molar-refractivity contribution in [1.82, 2.24) is 10.3 Å². The lowest BCUT2D eigenvalue weighted by Crippen LogP contribution is -2.36. The molecule has 1 aliphatic carbocycles. The molecule has 1 aliphatic rings. The van der Waals surface area contributed by atoms with Crippen LogP contribution in [0, 0.1) is 5.92 Å². The lowest BCUT2D eigenvalue weighted by molar-refractivity contribution is 0.361. The van der Waals surface area contributed by atoms with Crippen molar-refractivity contribution in [3.63, 3.8) is 0 Å². The third-order valence-corrected chi connectivity index (χ3v) is 4.30. The van der Waals surface area contributed by atoms with Crippen LogP contribution in [0.5, 0.6) is 0 Å². The van der Waals surface area contributed by atoms with Gasteiger partial charge in [-0.3, -0.25) is 0 Å². The normalized spacial score (nSPS) is 17.0. The molecular formula is C18H31N3. The van der Waals surface area contributed by atoms with Gasteiger partial charge in [-0.2, -0.15) is 0 Å². The quantitative estimate of drug-likeness (QED) is 0.888. The Kier molecular flexibility index (Phi) is 5.63.